The van der Waals surface area contributed by atoms with Crippen LogP contribution in [-0.2, 0) is 17.8 Å². The zero-order chi connectivity index (χ0) is 16.9. The molecule has 7 heteroatoms. The topological polar surface area (TPSA) is 46.1 Å². The molecule has 1 fully saturated rings. The molecule has 1 unspecified atom stereocenters. The Bertz CT molecular complexity index is 612. The van der Waals surface area contributed by atoms with Crippen LogP contribution in [0.3, 0.4) is 0 Å². The van der Waals surface area contributed by atoms with Gasteiger partial charge in [-0.2, -0.15) is 0 Å². The van der Waals surface area contributed by atoms with Gasteiger partial charge < -0.3 is 19.7 Å². The van der Waals surface area contributed by atoms with Crippen molar-refractivity contribution in [2.24, 2.45) is 10.9 Å². The largest absolute Gasteiger partial charge is 0.467 e. The molecule has 1 atom stereocenters. The van der Waals surface area contributed by atoms with Gasteiger partial charge in [-0.1, -0.05) is 6.92 Å². The average molecular weight is 463 g/mol. The zero-order valence-corrected chi connectivity index (χ0v) is 17.2. The summed E-state index contributed by atoms with van der Waals surface area (Å²) in [5.41, 5.74) is 1.66. The van der Waals surface area contributed by atoms with Gasteiger partial charge in [0.2, 0.25) is 0 Å². The quantitative estimate of drug-likeness (QED) is 0.425. The van der Waals surface area contributed by atoms with E-state index in [0.29, 0.717) is 25.5 Å². The lowest BCUT2D eigenvalue weighted by atomic mass is 10.0. The number of hydrogen-bond acceptors (Lipinski definition) is 3. The Morgan fingerprint density at radius 1 is 1.44 bits per heavy atom. The minimum Gasteiger partial charge on any atom is -0.467 e. The van der Waals surface area contributed by atoms with Crippen LogP contribution in [0.2, 0.25) is 0 Å². The summed E-state index contributed by atoms with van der Waals surface area (Å²) >= 11 is 0. The number of ether oxygens (including phenoxy) is 2. The van der Waals surface area contributed by atoms with E-state index in [1.807, 2.05) is 7.05 Å². The third kappa shape index (κ3) is 5.20. The van der Waals surface area contributed by atoms with E-state index >= 15 is 0 Å². The van der Waals surface area contributed by atoms with Crippen LogP contribution >= 0.6 is 24.0 Å². The third-order valence-electron chi connectivity index (χ3n) is 4.60. The van der Waals surface area contributed by atoms with Crippen LogP contribution in [0.4, 0.5) is 4.39 Å². The minimum atomic E-state index is -0.243. The van der Waals surface area contributed by atoms with Crippen molar-refractivity contribution in [3.8, 4) is 5.75 Å². The highest BCUT2D eigenvalue weighted by Crippen LogP contribution is 2.29. The maximum absolute atomic E-state index is 13.8. The zero-order valence-electron chi connectivity index (χ0n) is 14.9. The van der Waals surface area contributed by atoms with Crippen molar-refractivity contribution >= 4 is 29.9 Å². The first-order chi connectivity index (χ1) is 11.7. The number of piperidine rings is 1. The summed E-state index contributed by atoms with van der Waals surface area (Å²) in [6, 6.07) is 3.04. The number of benzene rings is 1. The normalized spacial score (nSPS) is 20.4. The van der Waals surface area contributed by atoms with Crippen molar-refractivity contribution < 1.29 is 13.9 Å². The van der Waals surface area contributed by atoms with Crippen LogP contribution in [-0.4, -0.2) is 44.3 Å². The molecule has 25 heavy (non-hydrogen) atoms. The van der Waals surface area contributed by atoms with E-state index in [2.05, 4.69) is 22.1 Å². The smallest absolute Gasteiger partial charge is 0.193 e. The maximum Gasteiger partial charge on any atom is 0.193 e. The number of fused-ring (bicyclic) bond motifs is 1. The van der Waals surface area contributed by atoms with E-state index in [0.717, 1.165) is 35.9 Å². The molecule has 0 aliphatic carbocycles. The van der Waals surface area contributed by atoms with Gasteiger partial charge in [0, 0.05) is 32.2 Å². The van der Waals surface area contributed by atoms with E-state index in [4.69, 9.17) is 9.47 Å². The molecule has 0 radical (unpaired) electrons. The van der Waals surface area contributed by atoms with Gasteiger partial charge in [0.15, 0.2) is 12.8 Å². The molecule has 2 heterocycles. The Kier molecular flexibility index (Phi) is 7.74. The molecule has 1 aromatic rings. The lowest BCUT2D eigenvalue weighted by molar-refractivity contribution is -0.0172. The summed E-state index contributed by atoms with van der Waals surface area (Å²) < 4.78 is 24.6. The molecule has 0 amide bonds. The number of rotatable bonds is 3. The van der Waals surface area contributed by atoms with E-state index in [1.165, 1.54) is 18.9 Å². The van der Waals surface area contributed by atoms with Crippen molar-refractivity contribution in [1.82, 2.24) is 10.2 Å². The average Bonchev–Trinajstić information content (AvgIpc) is 2.58. The molecule has 2 aliphatic rings. The number of halogens is 2. The van der Waals surface area contributed by atoms with E-state index in [9.17, 15) is 4.39 Å². The second-order valence-electron chi connectivity index (χ2n) is 6.58. The molecule has 0 spiro atoms. The number of hydrogen-bond donors (Lipinski definition) is 1. The Labute approximate surface area is 166 Å². The molecule has 1 N–H and O–H groups in total. The third-order valence-corrected chi connectivity index (χ3v) is 4.60. The van der Waals surface area contributed by atoms with Crippen LogP contribution in [0.5, 0.6) is 5.75 Å². The molecule has 5 nitrogen and oxygen atoms in total. The van der Waals surface area contributed by atoms with Crippen LogP contribution in [0.15, 0.2) is 17.1 Å². The van der Waals surface area contributed by atoms with E-state index < -0.39 is 0 Å². The van der Waals surface area contributed by atoms with Gasteiger partial charge in [-0.25, -0.2) is 4.39 Å². The Morgan fingerprint density at radius 2 is 2.28 bits per heavy atom. The van der Waals surface area contributed by atoms with Gasteiger partial charge in [-0.3, -0.25) is 4.99 Å². The second-order valence-corrected chi connectivity index (χ2v) is 6.58. The highest BCUT2D eigenvalue weighted by molar-refractivity contribution is 14.0. The Morgan fingerprint density at radius 3 is 3.04 bits per heavy atom. The molecule has 1 aromatic carbocycles. The van der Waals surface area contributed by atoms with Crippen LogP contribution in [0, 0.1) is 11.7 Å². The fraction of sp³-hybridized carbons (Fsp3) is 0.611. The van der Waals surface area contributed by atoms with E-state index in [-0.39, 0.29) is 36.6 Å². The van der Waals surface area contributed by atoms with E-state index in [1.54, 1.807) is 6.07 Å². The van der Waals surface area contributed by atoms with Crippen molar-refractivity contribution in [3.63, 3.8) is 0 Å². The first kappa shape index (κ1) is 20.2. The fourth-order valence-corrected chi connectivity index (χ4v) is 3.47. The monoisotopic (exact) mass is 463 g/mol. The minimum absolute atomic E-state index is 0. The molecule has 1 saturated heterocycles. The van der Waals surface area contributed by atoms with Crippen molar-refractivity contribution in [1.29, 1.82) is 0 Å². The second kappa shape index (κ2) is 9.56. The Balaban J connectivity index is 0.00000225. The van der Waals surface area contributed by atoms with Gasteiger partial charge in [0.25, 0.3) is 0 Å². The summed E-state index contributed by atoms with van der Waals surface area (Å²) in [5, 5.41) is 3.40. The number of nitrogens with zero attached hydrogens (tertiary/aromatic N) is 2. The predicted octanol–water partition coefficient (Wildman–Crippen LogP) is 3.16. The van der Waals surface area contributed by atoms with Crippen molar-refractivity contribution in [2.75, 3.05) is 33.5 Å². The summed E-state index contributed by atoms with van der Waals surface area (Å²) in [6.07, 6.45) is 3.16. The molecular weight excluding hydrogens is 436 g/mol. The van der Waals surface area contributed by atoms with Gasteiger partial charge >= 0.3 is 0 Å². The standard InChI is InChI=1S/C18H26FN3O2.HI/c1-13-4-3-7-22(10-13)18(20-2)21-6-5-14-8-16(19)9-15-11-23-12-24-17(14)15;/h8-9,13H,3-7,10-12H2,1-2H3,(H,20,21);1H. The van der Waals surface area contributed by atoms with Crippen LogP contribution < -0.4 is 10.1 Å². The highest BCUT2D eigenvalue weighted by Gasteiger charge is 2.20. The summed E-state index contributed by atoms with van der Waals surface area (Å²) in [5.74, 6) is 2.15. The van der Waals surface area contributed by atoms with Gasteiger partial charge in [0.1, 0.15) is 11.6 Å². The van der Waals surface area contributed by atoms with Gasteiger partial charge in [-0.05, 0) is 42.9 Å². The fourth-order valence-electron chi connectivity index (χ4n) is 3.47. The number of nitrogens with one attached hydrogen (secondary N) is 1. The summed E-state index contributed by atoms with van der Waals surface area (Å²) in [6.45, 7) is 5.68. The maximum atomic E-state index is 13.8. The predicted molar refractivity (Wildman–Crippen MR) is 107 cm³/mol. The Hall–Kier alpha value is -1.09. The van der Waals surface area contributed by atoms with Gasteiger partial charge in [-0.15, -0.1) is 24.0 Å². The number of guanidine groups is 1. The molecule has 0 aromatic heterocycles. The molecule has 0 saturated carbocycles. The van der Waals surface area contributed by atoms with Crippen molar-refractivity contribution in [3.05, 3.63) is 29.1 Å². The number of aliphatic imine (C=N–C) groups is 1. The first-order valence-corrected chi connectivity index (χ1v) is 8.65. The molecule has 140 valence electrons. The molecule has 3 rings (SSSR count). The lowest BCUT2D eigenvalue weighted by Gasteiger charge is -2.33. The van der Waals surface area contributed by atoms with Crippen LogP contribution in [0.25, 0.3) is 0 Å². The number of likely N-dealkylation sites (tertiary alicyclic amines) is 1. The summed E-state index contributed by atoms with van der Waals surface area (Å²) in [4.78, 5) is 6.69. The van der Waals surface area contributed by atoms with Crippen LogP contribution in [0.1, 0.15) is 30.9 Å². The molecule has 0 bridgehead atoms. The molecular formula is C18H27FIN3O2. The van der Waals surface area contributed by atoms with Gasteiger partial charge in [0.05, 0.1) is 6.61 Å². The molecule has 2 aliphatic heterocycles. The summed E-state index contributed by atoms with van der Waals surface area (Å²) in [7, 11) is 1.81. The highest BCUT2D eigenvalue weighted by atomic mass is 127. The first-order valence-electron chi connectivity index (χ1n) is 8.65. The SMILES string of the molecule is CN=C(NCCc1cc(F)cc2c1OCOC2)N1CCCC(C)C1.I. The van der Waals surface area contributed by atoms with Crippen molar-refractivity contribution in [2.45, 2.75) is 32.8 Å². The lowest BCUT2D eigenvalue weighted by Crippen LogP contribution is -2.46.